The molecule has 0 bridgehead atoms. The van der Waals surface area contributed by atoms with Gasteiger partial charge in [-0.15, -0.1) is 11.3 Å². The molecule has 0 saturated heterocycles. The molecule has 1 amide bonds. The van der Waals surface area contributed by atoms with Gasteiger partial charge in [0.2, 0.25) is 0 Å². The molecule has 3 aromatic rings. The molecule has 0 aliphatic heterocycles. The fraction of sp³-hybridized carbons (Fsp3) is 0.227. The summed E-state index contributed by atoms with van der Waals surface area (Å²) < 4.78 is 44.5. The summed E-state index contributed by atoms with van der Waals surface area (Å²) in [5, 5.41) is 0.663. The summed E-state index contributed by atoms with van der Waals surface area (Å²) in [6.07, 6.45) is 1.82. The van der Waals surface area contributed by atoms with Crippen molar-refractivity contribution >= 4 is 23.2 Å². The number of amides is 1. The Morgan fingerprint density at radius 3 is 2.42 bits per heavy atom. The van der Waals surface area contributed by atoms with Crippen LogP contribution in [0.1, 0.15) is 32.2 Å². The Bertz CT molecular complexity index is 1070. The van der Waals surface area contributed by atoms with Gasteiger partial charge in [0.25, 0.3) is 5.91 Å². The van der Waals surface area contributed by atoms with Crippen LogP contribution >= 0.6 is 11.3 Å². The van der Waals surface area contributed by atoms with Crippen molar-refractivity contribution in [3.8, 4) is 0 Å². The van der Waals surface area contributed by atoms with Gasteiger partial charge in [-0.25, -0.2) is 18.2 Å². The Balaban J connectivity index is 1.76. The second-order valence-electron chi connectivity index (χ2n) is 6.72. The average molecular weight is 448 g/mol. The molecule has 2 aromatic carbocycles. The second kappa shape index (κ2) is 10.2. The number of methoxy groups -OCH3 is 1. The number of hydrogen-bond acceptors (Lipinski definition) is 5. The minimum atomic E-state index is -1.02. The molecule has 3 rings (SSSR count). The van der Waals surface area contributed by atoms with Gasteiger partial charge in [0.15, 0.2) is 11.6 Å². The number of thiazole rings is 1. The van der Waals surface area contributed by atoms with E-state index in [1.807, 2.05) is 0 Å². The summed E-state index contributed by atoms with van der Waals surface area (Å²) in [6.45, 7) is 0.0217. The Labute approximate surface area is 181 Å². The first kappa shape index (κ1) is 22.5. The van der Waals surface area contributed by atoms with Crippen LogP contribution in [-0.4, -0.2) is 35.4 Å². The number of benzene rings is 2. The van der Waals surface area contributed by atoms with E-state index in [4.69, 9.17) is 0 Å². The monoisotopic (exact) mass is 448 g/mol. The summed E-state index contributed by atoms with van der Waals surface area (Å²) in [6, 6.07) is 9.37. The molecule has 0 aliphatic rings. The highest BCUT2D eigenvalue weighted by Gasteiger charge is 2.21. The standard InChI is InChI=1S/C22H19F3N2O3S/c1-30-21(28)8-9-27(13-15-4-7-17(24)18(25)10-15)22(29)19-12-26-20(31-19)11-14-2-5-16(23)6-3-14/h2-7,10,12H,8-9,11,13H2,1H3. The van der Waals surface area contributed by atoms with Crippen LogP contribution in [0.3, 0.4) is 0 Å². The van der Waals surface area contributed by atoms with E-state index in [0.29, 0.717) is 21.9 Å². The molecule has 1 heterocycles. The summed E-state index contributed by atoms with van der Waals surface area (Å²) in [5.74, 6) is -3.22. The average Bonchev–Trinajstić information content (AvgIpc) is 3.23. The van der Waals surface area contributed by atoms with E-state index >= 15 is 0 Å². The summed E-state index contributed by atoms with van der Waals surface area (Å²) in [4.78, 5) is 30.5. The zero-order chi connectivity index (χ0) is 22.4. The first-order chi connectivity index (χ1) is 14.9. The first-order valence-corrected chi connectivity index (χ1v) is 10.2. The second-order valence-corrected chi connectivity index (χ2v) is 7.84. The van der Waals surface area contributed by atoms with Gasteiger partial charge in [-0.2, -0.15) is 0 Å². The molecular formula is C22H19F3N2O3S. The molecule has 1 aromatic heterocycles. The van der Waals surface area contributed by atoms with Crippen molar-refractivity contribution < 1.29 is 27.5 Å². The number of rotatable bonds is 8. The highest BCUT2D eigenvalue weighted by molar-refractivity contribution is 7.13. The van der Waals surface area contributed by atoms with Gasteiger partial charge < -0.3 is 9.64 Å². The quantitative estimate of drug-likeness (QED) is 0.481. The van der Waals surface area contributed by atoms with E-state index in [-0.39, 0.29) is 25.3 Å². The molecule has 162 valence electrons. The van der Waals surface area contributed by atoms with Gasteiger partial charge in [0.1, 0.15) is 10.7 Å². The molecule has 0 saturated carbocycles. The van der Waals surface area contributed by atoms with Crippen LogP contribution < -0.4 is 0 Å². The van der Waals surface area contributed by atoms with Gasteiger partial charge in [0, 0.05) is 19.5 Å². The predicted octanol–water partition coefficient (Wildman–Crippen LogP) is 4.36. The van der Waals surface area contributed by atoms with Crippen LogP contribution in [-0.2, 0) is 22.5 Å². The molecule has 0 N–H and O–H groups in total. The van der Waals surface area contributed by atoms with Crippen molar-refractivity contribution in [2.45, 2.75) is 19.4 Å². The summed E-state index contributed by atoms with van der Waals surface area (Å²) in [7, 11) is 1.24. The van der Waals surface area contributed by atoms with Gasteiger partial charge in [-0.3, -0.25) is 9.59 Å². The predicted molar refractivity (Wildman–Crippen MR) is 109 cm³/mol. The molecular weight excluding hydrogens is 429 g/mol. The van der Waals surface area contributed by atoms with Crippen LogP contribution in [0.25, 0.3) is 0 Å². The van der Waals surface area contributed by atoms with E-state index in [0.717, 1.165) is 17.7 Å². The Hall–Kier alpha value is -3.20. The maximum atomic E-state index is 13.6. The molecule has 9 heteroatoms. The van der Waals surface area contributed by atoms with Crippen molar-refractivity contribution in [3.63, 3.8) is 0 Å². The summed E-state index contributed by atoms with van der Waals surface area (Å²) >= 11 is 1.18. The van der Waals surface area contributed by atoms with E-state index in [1.165, 1.54) is 47.7 Å². The number of esters is 1. The molecule has 0 radical (unpaired) electrons. The van der Waals surface area contributed by atoms with Crippen LogP contribution in [0.5, 0.6) is 0 Å². The largest absolute Gasteiger partial charge is 0.469 e. The Morgan fingerprint density at radius 1 is 1.03 bits per heavy atom. The van der Waals surface area contributed by atoms with Crippen LogP contribution in [0.2, 0.25) is 0 Å². The number of carbonyl (C=O) groups excluding carboxylic acids is 2. The van der Waals surface area contributed by atoms with Crippen molar-refractivity contribution in [2.75, 3.05) is 13.7 Å². The lowest BCUT2D eigenvalue weighted by atomic mass is 10.2. The lowest BCUT2D eigenvalue weighted by Gasteiger charge is -2.21. The third kappa shape index (κ3) is 6.14. The van der Waals surface area contributed by atoms with Crippen molar-refractivity contribution in [3.05, 3.63) is 87.1 Å². The van der Waals surface area contributed by atoms with E-state index in [1.54, 1.807) is 12.1 Å². The lowest BCUT2D eigenvalue weighted by Crippen LogP contribution is -2.32. The van der Waals surface area contributed by atoms with E-state index in [9.17, 15) is 22.8 Å². The Kier molecular flexibility index (Phi) is 7.41. The number of halogens is 3. The Morgan fingerprint density at radius 2 is 1.74 bits per heavy atom. The number of nitrogens with zero attached hydrogens (tertiary/aromatic N) is 2. The molecule has 0 atom stereocenters. The molecule has 0 spiro atoms. The maximum absolute atomic E-state index is 13.6. The number of hydrogen-bond donors (Lipinski definition) is 0. The van der Waals surface area contributed by atoms with Gasteiger partial charge >= 0.3 is 5.97 Å². The third-order valence-electron chi connectivity index (χ3n) is 4.49. The highest BCUT2D eigenvalue weighted by Crippen LogP contribution is 2.21. The van der Waals surface area contributed by atoms with Gasteiger partial charge in [0.05, 0.1) is 24.7 Å². The first-order valence-electron chi connectivity index (χ1n) is 9.35. The number of carbonyl (C=O) groups is 2. The minimum absolute atomic E-state index is 0.0157. The molecule has 5 nitrogen and oxygen atoms in total. The van der Waals surface area contributed by atoms with E-state index < -0.39 is 23.5 Å². The zero-order valence-corrected chi connectivity index (χ0v) is 17.4. The van der Waals surface area contributed by atoms with Crippen molar-refractivity contribution in [1.29, 1.82) is 0 Å². The van der Waals surface area contributed by atoms with Gasteiger partial charge in [-0.1, -0.05) is 18.2 Å². The maximum Gasteiger partial charge on any atom is 0.307 e. The minimum Gasteiger partial charge on any atom is -0.469 e. The number of aromatic nitrogens is 1. The lowest BCUT2D eigenvalue weighted by molar-refractivity contribution is -0.140. The van der Waals surface area contributed by atoms with Crippen molar-refractivity contribution in [1.82, 2.24) is 9.88 Å². The molecule has 0 unspecified atom stereocenters. The SMILES string of the molecule is COC(=O)CCN(Cc1ccc(F)c(F)c1)C(=O)c1cnc(Cc2ccc(F)cc2)s1. The fourth-order valence-corrected chi connectivity index (χ4v) is 3.78. The van der Waals surface area contributed by atoms with E-state index in [2.05, 4.69) is 9.72 Å². The van der Waals surface area contributed by atoms with Gasteiger partial charge in [-0.05, 0) is 35.4 Å². The molecule has 0 fully saturated rings. The van der Waals surface area contributed by atoms with Crippen LogP contribution in [0.15, 0.2) is 48.7 Å². The van der Waals surface area contributed by atoms with Crippen molar-refractivity contribution in [2.24, 2.45) is 0 Å². The highest BCUT2D eigenvalue weighted by atomic mass is 32.1. The topological polar surface area (TPSA) is 59.5 Å². The van der Waals surface area contributed by atoms with Crippen LogP contribution in [0.4, 0.5) is 13.2 Å². The summed E-state index contributed by atoms with van der Waals surface area (Å²) in [5.41, 5.74) is 1.23. The number of ether oxygens (including phenoxy) is 1. The smallest absolute Gasteiger partial charge is 0.307 e. The fourth-order valence-electron chi connectivity index (χ4n) is 2.86. The molecule has 31 heavy (non-hydrogen) atoms. The third-order valence-corrected chi connectivity index (χ3v) is 5.48. The van der Waals surface area contributed by atoms with Crippen LogP contribution in [0, 0.1) is 17.5 Å². The normalized spacial score (nSPS) is 10.7. The molecule has 0 aliphatic carbocycles. The zero-order valence-electron chi connectivity index (χ0n) is 16.6.